The summed E-state index contributed by atoms with van der Waals surface area (Å²) in [4.78, 5) is 5.14. The number of rotatable bonds is 6. The van der Waals surface area contributed by atoms with Gasteiger partial charge >= 0.3 is 0 Å². The number of β-amino-alcohol motifs (C(OH)–C–C–N with tert-alkyl or cyclic N) is 1. The SMILES string of the molecule is O[C@@H](CCc1ccccc1)CN1CCC(N2CCCC2)CC1. The lowest BCUT2D eigenvalue weighted by molar-refractivity contribution is 0.0702. The second-order valence-corrected chi connectivity index (χ2v) is 6.95. The van der Waals surface area contributed by atoms with Crippen LogP contribution in [-0.4, -0.2) is 59.8 Å². The van der Waals surface area contributed by atoms with Gasteiger partial charge in [-0.2, -0.15) is 0 Å². The lowest BCUT2D eigenvalue weighted by Gasteiger charge is -2.37. The number of hydrogen-bond acceptors (Lipinski definition) is 3. The van der Waals surface area contributed by atoms with Gasteiger partial charge in [-0.3, -0.25) is 0 Å². The van der Waals surface area contributed by atoms with Crippen molar-refractivity contribution in [2.45, 2.75) is 50.7 Å². The Morgan fingerprint density at radius 1 is 1.00 bits per heavy atom. The number of piperidine rings is 1. The average molecular weight is 302 g/mol. The molecule has 1 aromatic rings. The molecular weight excluding hydrogens is 272 g/mol. The smallest absolute Gasteiger partial charge is 0.0670 e. The summed E-state index contributed by atoms with van der Waals surface area (Å²) in [5.41, 5.74) is 1.33. The molecule has 2 aliphatic rings. The fourth-order valence-electron chi connectivity index (χ4n) is 3.94. The largest absolute Gasteiger partial charge is 0.392 e. The number of benzene rings is 1. The molecule has 0 spiro atoms. The van der Waals surface area contributed by atoms with Gasteiger partial charge in [-0.1, -0.05) is 30.3 Å². The van der Waals surface area contributed by atoms with E-state index in [1.165, 1.54) is 44.3 Å². The maximum Gasteiger partial charge on any atom is 0.0670 e. The molecule has 0 saturated carbocycles. The maximum atomic E-state index is 10.3. The third kappa shape index (κ3) is 4.55. The fraction of sp³-hybridized carbons (Fsp3) is 0.684. The van der Waals surface area contributed by atoms with Gasteiger partial charge in [-0.25, -0.2) is 0 Å². The first-order valence-corrected chi connectivity index (χ1v) is 8.99. The van der Waals surface area contributed by atoms with E-state index in [0.29, 0.717) is 0 Å². The van der Waals surface area contributed by atoms with Crippen LogP contribution in [0, 0.1) is 0 Å². The van der Waals surface area contributed by atoms with E-state index >= 15 is 0 Å². The molecule has 0 amide bonds. The van der Waals surface area contributed by atoms with Gasteiger partial charge in [-0.05, 0) is 70.3 Å². The molecule has 0 unspecified atom stereocenters. The van der Waals surface area contributed by atoms with E-state index in [1.807, 2.05) is 6.07 Å². The van der Waals surface area contributed by atoms with Crippen LogP contribution in [0.4, 0.5) is 0 Å². The Bertz CT molecular complexity index is 422. The van der Waals surface area contributed by atoms with Crippen molar-refractivity contribution in [2.24, 2.45) is 0 Å². The van der Waals surface area contributed by atoms with Crippen LogP contribution in [0.25, 0.3) is 0 Å². The number of aliphatic hydroxyl groups is 1. The minimum Gasteiger partial charge on any atom is -0.392 e. The van der Waals surface area contributed by atoms with E-state index in [9.17, 15) is 5.11 Å². The molecule has 3 heteroatoms. The Balaban J connectivity index is 1.35. The Kier molecular flexibility index (Phi) is 5.88. The normalized spacial score (nSPS) is 23.0. The van der Waals surface area contributed by atoms with Gasteiger partial charge < -0.3 is 14.9 Å². The Labute approximate surface area is 134 Å². The zero-order chi connectivity index (χ0) is 15.2. The van der Waals surface area contributed by atoms with E-state index in [-0.39, 0.29) is 6.10 Å². The average Bonchev–Trinajstić information content (AvgIpc) is 3.09. The molecular formula is C19H30N2O. The van der Waals surface area contributed by atoms with Gasteiger partial charge in [-0.15, -0.1) is 0 Å². The van der Waals surface area contributed by atoms with Crippen LogP contribution < -0.4 is 0 Å². The first-order valence-electron chi connectivity index (χ1n) is 8.99. The summed E-state index contributed by atoms with van der Waals surface area (Å²) in [6, 6.07) is 11.3. The van der Waals surface area contributed by atoms with Gasteiger partial charge in [0.1, 0.15) is 0 Å². The number of nitrogens with zero attached hydrogens (tertiary/aromatic N) is 2. The lowest BCUT2D eigenvalue weighted by Crippen LogP contribution is -2.45. The molecule has 1 N–H and O–H groups in total. The Morgan fingerprint density at radius 2 is 1.68 bits per heavy atom. The zero-order valence-corrected chi connectivity index (χ0v) is 13.7. The van der Waals surface area contributed by atoms with Crippen LogP contribution in [0.5, 0.6) is 0 Å². The van der Waals surface area contributed by atoms with E-state index in [0.717, 1.165) is 38.5 Å². The van der Waals surface area contributed by atoms with Crippen molar-refractivity contribution >= 4 is 0 Å². The highest BCUT2D eigenvalue weighted by molar-refractivity contribution is 5.14. The molecule has 122 valence electrons. The molecule has 3 nitrogen and oxygen atoms in total. The molecule has 1 atom stereocenters. The molecule has 2 heterocycles. The number of hydrogen-bond donors (Lipinski definition) is 1. The summed E-state index contributed by atoms with van der Waals surface area (Å²) in [6.45, 7) is 5.78. The van der Waals surface area contributed by atoms with Crippen molar-refractivity contribution in [3.05, 3.63) is 35.9 Å². The highest BCUT2D eigenvalue weighted by Gasteiger charge is 2.26. The topological polar surface area (TPSA) is 26.7 Å². The summed E-state index contributed by atoms with van der Waals surface area (Å²) >= 11 is 0. The van der Waals surface area contributed by atoms with Crippen molar-refractivity contribution in [3.8, 4) is 0 Å². The quantitative estimate of drug-likeness (QED) is 0.875. The minimum absolute atomic E-state index is 0.191. The van der Waals surface area contributed by atoms with E-state index < -0.39 is 0 Å². The molecule has 0 aromatic heterocycles. The van der Waals surface area contributed by atoms with Gasteiger partial charge in [0, 0.05) is 12.6 Å². The predicted octanol–water partition coefficient (Wildman–Crippen LogP) is 2.54. The molecule has 22 heavy (non-hydrogen) atoms. The lowest BCUT2D eigenvalue weighted by atomic mass is 10.0. The zero-order valence-electron chi connectivity index (χ0n) is 13.7. The predicted molar refractivity (Wildman–Crippen MR) is 91.0 cm³/mol. The third-order valence-corrected chi connectivity index (χ3v) is 5.29. The van der Waals surface area contributed by atoms with Crippen LogP contribution in [0.1, 0.15) is 37.7 Å². The first-order chi connectivity index (χ1) is 10.8. The number of likely N-dealkylation sites (tertiary alicyclic amines) is 2. The molecule has 2 aliphatic heterocycles. The van der Waals surface area contributed by atoms with Crippen molar-refractivity contribution < 1.29 is 5.11 Å². The molecule has 0 bridgehead atoms. The highest BCUT2D eigenvalue weighted by Crippen LogP contribution is 2.21. The maximum absolute atomic E-state index is 10.3. The van der Waals surface area contributed by atoms with E-state index in [4.69, 9.17) is 0 Å². The standard InChI is InChI=1S/C19H30N2O/c22-19(9-8-17-6-2-1-3-7-17)16-20-14-10-18(11-15-20)21-12-4-5-13-21/h1-3,6-7,18-19,22H,4-5,8-16H2/t19-/m0/s1. The summed E-state index contributed by atoms with van der Waals surface area (Å²) in [5.74, 6) is 0. The van der Waals surface area contributed by atoms with Crippen molar-refractivity contribution in [2.75, 3.05) is 32.7 Å². The number of aliphatic hydroxyl groups excluding tert-OH is 1. The molecule has 0 aliphatic carbocycles. The van der Waals surface area contributed by atoms with Gasteiger partial charge in [0.05, 0.1) is 6.10 Å². The molecule has 0 radical (unpaired) electrons. The Morgan fingerprint density at radius 3 is 2.36 bits per heavy atom. The van der Waals surface area contributed by atoms with Crippen molar-refractivity contribution in [1.82, 2.24) is 9.80 Å². The second kappa shape index (κ2) is 8.09. The van der Waals surface area contributed by atoms with Gasteiger partial charge in [0.2, 0.25) is 0 Å². The van der Waals surface area contributed by atoms with Crippen LogP contribution in [0.15, 0.2) is 30.3 Å². The minimum atomic E-state index is -0.191. The molecule has 1 aromatic carbocycles. The molecule has 2 saturated heterocycles. The summed E-state index contributed by atoms with van der Waals surface area (Å²) < 4.78 is 0. The first kappa shape index (κ1) is 16.0. The van der Waals surface area contributed by atoms with Crippen molar-refractivity contribution in [1.29, 1.82) is 0 Å². The fourth-order valence-corrected chi connectivity index (χ4v) is 3.94. The monoisotopic (exact) mass is 302 g/mol. The summed E-state index contributed by atoms with van der Waals surface area (Å²) in [5, 5.41) is 10.3. The van der Waals surface area contributed by atoms with Crippen LogP contribution in [0.3, 0.4) is 0 Å². The highest BCUT2D eigenvalue weighted by atomic mass is 16.3. The number of aryl methyl sites for hydroxylation is 1. The van der Waals surface area contributed by atoms with Crippen LogP contribution >= 0.6 is 0 Å². The van der Waals surface area contributed by atoms with Crippen LogP contribution in [0.2, 0.25) is 0 Å². The van der Waals surface area contributed by atoms with Crippen LogP contribution in [-0.2, 0) is 6.42 Å². The summed E-state index contributed by atoms with van der Waals surface area (Å²) in [7, 11) is 0. The summed E-state index contributed by atoms with van der Waals surface area (Å²) in [6.07, 6.45) is 7.00. The third-order valence-electron chi connectivity index (χ3n) is 5.29. The molecule has 3 rings (SSSR count). The van der Waals surface area contributed by atoms with E-state index in [1.54, 1.807) is 0 Å². The van der Waals surface area contributed by atoms with Crippen molar-refractivity contribution in [3.63, 3.8) is 0 Å². The second-order valence-electron chi connectivity index (χ2n) is 6.95. The van der Waals surface area contributed by atoms with E-state index in [2.05, 4.69) is 34.1 Å². The van der Waals surface area contributed by atoms with Gasteiger partial charge in [0.25, 0.3) is 0 Å². The Hall–Kier alpha value is -0.900. The molecule has 2 fully saturated rings. The van der Waals surface area contributed by atoms with Gasteiger partial charge in [0.15, 0.2) is 0 Å².